The molecule has 0 radical (unpaired) electrons. The summed E-state index contributed by atoms with van der Waals surface area (Å²) < 4.78 is 18.2. The lowest BCUT2D eigenvalue weighted by atomic mass is 10.0. The van der Waals surface area contributed by atoms with Crippen LogP contribution in [-0.2, 0) is 0 Å². The molecule has 146 valence electrons. The van der Waals surface area contributed by atoms with Crippen molar-refractivity contribution in [2.75, 3.05) is 12.4 Å². The van der Waals surface area contributed by atoms with E-state index in [4.69, 9.17) is 4.74 Å². The van der Waals surface area contributed by atoms with Gasteiger partial charge in [-0.05, 0) is 60.7 Å². The molecule has 0 aromatic heterocycles. The SMILES string of the molecule is CNc1ccc(C(=O)Oc2ccc(C(=O)c3ccc(F)cc3)cc2)cc1[N+](=O)[O-]. The van der Waals surface area contributed by atoms with E-state index in [2.05, 4.69) is 5.32 Å². The Balaban J connectivity index is 1.75. The number of rotatable bonds is 6. The van der Waals surface area contributed by atoms with Gasteiger partial charge in [0.1, 0.15) is 17.3 Å². The summed E-state index contributed by atoms with van der Waals surface area (Å²) in [5.41, 5.74) is 0.707. The smallest absolute Gasteiger partial charge is 0.343 e. The Labute approximate surface area is 164 Å². The second-order valence-corrected chi connectivity index (χ2v) is 5.99. The zero-order valence-corrected chi connectivity index (χ0v) is 15.2. The van der Waals surface area contributed by atoms with E-state index in [0.717, 1.165) is 6.07 Å². The molecule has 3 rings (SSSR count). The van der Waals surface area contributed by atoms with E-state index < -0.39 is 16.7 Å². The van der Waals surface area contributed by atoms with Gasteiger partial charge in [-0.1, -0.05) is 0 Å². The lowest BCUT2D eigenvalue weighted by molar-refractivity contribution is -0.384. The Bertz CT molecular complexity index is 1080. The Morgan fingerprint density at radius 1 is 0.931 bits per heavy atom. The van der Waals surface area contributed by atoms with Gasteiger partial charge in [0.2, 0.25) is 0 Å². The van der Waals surface area contributed by atoms with Crippen molar-refractivity contribution < 1.29 is 23.6 Å². The van der Waals surface area contributed by atoms with E-state index >= 15 is 0 Å². The summed E-state index contributed by atoms with van der Waals surface area (Å²) in [6.07, 6.45) is 0. The third-order valence-corrected chi connectivity index (χ3v) is 4.13. The van der Waals surface area contributed by atoms with Gasteiger partial charge in [0, 0.05) is 24.2 Å². The molecule has 1 N–H and O–H groups in total. The van der Waals surface area contributed by atoms with E-state index in [-0.39, 0.29) is 28.5 Å². The molecule has 3 aromatic rings. The fourth-order valence-electron chi connectivity index (χ4n) is 2.63. The molecule has 0 bridgehead atoms. The predicted octanol–water partition coefficient (Wildman–Crippen LogP) is 4.23. The number of hydrogen-bond donors (Lipinski definition) is 1. The maximum Gasteiger partial charge on any atom is 0.343 e. The minimum absolute atomic E-state index is 0.0159. The second-order valence-electron chi connectivity index (χ2n) is 5.99. The van der Waals surface area contributed by atoms with Crippen LogP contribution in [0.3, 0.4) is 0 Å². The van der Waals surface area contributed by atoms with E-state index in [0.29, 0.717) is 11.1 Å². The fraction of sp³-hybridized carbons (Fsp3) is 0.0476. The highest BCUT2D eigenvalue weighted by molar-refractivity contribution is 6.09. The molecular formula is C21H15FN2O5. The van der Waals surface area contributed by atoms with Gasteiger partial charge in [-0.15, -0.1) is 0 Å². The molecule has 0 saturated heterocycles. The molecule has 0 saturated carbocycles. The third-order valence-electron chi connectivity index (χ3n) is 4.13. The van der Waals surface area contributed by atoms with Gasteiger partial charge >= 0.3 is 5.97 Å². The first kappa shape index (κ1) is 19.7. The zero-order valence-electron chi connectivity index (χ0n) is 15.2. The van der Waals surface area contributed by atoms with Crippen LogP contribution in [-0.4, -0.2) is 23.7 Å². The molecule has 0 aliphatic heterocycles. The average molecular weight is 394 g/mol. The summed E-state index contributed by atoms with van der Waals surface area (Å²) in [5.74, 6) is -1.34. The van der Waals surface area contributed by atoms with Crippen LogP contribution in [0.25, 0.3) is 0 Å². The highest BCUT2D eigenvalue weighted by Crippen LogP contribution is 2.26. The van der Waals surface area contributed by atoms with Crippen LogP contribution in [0.2, 0.25) is 0 Å². The largest absolute Gasteiger partial charge is 0.423 e. The normalized spacial score (nSPS) is 10.3. The summed E-state index contributed by atoms with van der Waals surface area (Å²) in [5, 5.41) is 13.8. The number of nitro groups is 1. The van der Waals surface area contributed by atoms with Crippen LogP contribution in [0.4, 0.5) is 15.8 Å². The molecule has 0 heterocycles. The molecule has 0 unspecified atom stereocenters. The molecular weight excluding hydrogens is 379 g/mol. The quantitative estimate of drug-likeness (QED) is 0.221. The van der Waals surface area contributed by atoms with Crippen LogP contribution in [0.5, 0.6) is 5.75 Å². The van der Waals surface area contributed by atoms with Crippen LogP contribution in [0, 0.1) is 15.9 Å². The van der Waals surface area contributed by atoms with Crippen LogP contribution < -0.4 is 10.1 Å². The molecule has 8 heteroatoms. The molecule has 0 atom stereocenters. The van der Waals surface area contributed by atoms with E-state index in [9.17, 15) is 24.1 Å². The monoisotopic (exact) mass is 394 g/mol. The van der Waals surface area contributed by atoms with Crippen molar-refractivity contribution in [3.05, 3.63) is 99.4 Å². The van der Waals surface area contributed by atoms with Crippen molar-refractivity contribution in [1.29, 1.82) is 0 Å². The lowest BCUT2D eigenvalue weighted by Gasteiger charge is -2.07. The van der Waals surface area contributed by atoms with Gasteiger partial charge in [-0.2, -0.15) is 0 Å². The van der Waals surface area contributed by atoms with Crippen molar-refractivity contribution in [2.24, 2.45) is 0 Å². The van der Waals surface area contributed by atoms with Crippen LogP contribution >= 0.6 is 0 Å². The summed E-state index contributed by atoms with van der Waals surface area (Å²) in [6.45, 7) is 0. The molecule has 29 heavy (non-hydrogen) atoms. The summed E-state index contributed by atoms with van der Waals surface area (Å²) >= 11 is 0. The maximum atomic E-state index is 13.0. The van der Waals surface area contributed by atoms with Gasteiger partial charge in [0.25, 0.3) is 5.69 Å². The highest BCUT2D eigenvalue weighted by atomic mass is 19.1. The van der Waals surface area contributed by atoms with Crippen molar-refractivity contribution >= 4 is 23.1 Å². The van der Waals surface area contributed by atoms with Crippen molar-refractivity contribution in [3.63, 3.8) is 0 Å². The molecule has 0 fully saturated rings. The number of nitrogens with zero attached hydrogens (tertiary/aromatic N) is 1. The van der Waals surface area contributed by atoms with Gasteiger partial charge < -0.3 is 10.1 Å². The van der Waals surface area contributed by atoms with Crippen LogP contribution in [0.1, 0.15) is 26.3 Å². The minimum Gasteiger partial charge on any atom is -0.423 e. The molecule has 0 aliphatic carbocycles. The minimum atomic E-state index is -0.770. The number of esters is 1. The first-order valence-electron chi connectivity index (χ1n) is 8.48. The van der Waals surface area contributed by atoms with Crippen molar-refractivity contribution in [3.8, 4) is 5.75 Å². The number of benzene rings is 3. The third kappa shape index (κ3) is 4.44. The number of hydrogen-bond acceptors (Lipinski definition) is 6. The molecule has 0 aliphatic rings. The summed E-state index contributed by atoms with van der Waals surface area (Å²) in [6, 6.07) is 14.9. The van der Waals surface area contributed by atoms with E-state index in [1.165, 1.54) is 67.7 Å². The molecule has 0 amide bonds. The topological polar surface area (TPSA) is 98.5 Å². The summed E-state index contributed by atoms with van der Waals surface area (Å²) in [7, 11) is 1.54. The number of carbonyl (C=O) groups excluding carboxylic acids is 2. The Morgan fingerprint density at radius 3 is 2.03 bits per heavy atom. The summed E-state index contributed by atoms with van der Waals surface area (Å²) in [4.78, 5) is 35.2. The number of ketones is 1. The van der Waals surface area contributed by atoms with Gasteiger partial charge in [-0.25, -0.2) is 9.18 Å². The van der Waals surface area contributed by atoms with E-state index in [1.54, 1.807) is 0 Å². The molecule has 7 nitrogen and oxygen atoms in total. The maximum absolute atomic E-state index is 13.0. The number of ether oxygens (including phenoxy) is 1. The van der Waals surface area contributed by atoms with Crippen LogP contribution in [0.15, 0.2) is 66.7 Å². The standard InChI is InChI=1S/C21H15FN2O5/c1-23-18-11-6-15(12-19(18)24(27)28)21(26)29-17-9-4-14(5-10-17)20(25)13-2-7-16(22)8-3-13/h2-12,23H,1H3. The van der Waals surface area contributed by atoms with Gasteiger partial charge in [0.05, 0.1) is 10.5 Å². The Morgan fingerprint density at radius 2 is 1.48 bits per heavy atom. The first-order chi connectivity index (χ1) is 13.9. The average Bonchev–Trinajstić information content (AvgIpc) is 2.73. The predicted molar refractivity (Wildman–Crippen MR) is 104 cm³/mol. The lowest BCUT2D eigenvalue weighted by Crippen LogP contribution is -2.10. The number of carbonyl (C=O) groups is 2. The highest BCUT2D eigenvalue weighted by Gasteiger charge is 2.18. The Kier molecular flexibility index (Phi) is 5.64. The number of nitro benzene ring substituents is 1. The van der Waals surface area contributed by atoms with Gasteiger partial charge in [-0.3, -0.25) is 14.9 Å². The molecule has 0 spiro atoms. The van der Waals surface area contributed by atoms with Crippen molar-refractivity contribution in [1.82, 2.24) is 0 Å². The Hall–Kier alpha value is -4.07. The second kappa shape index (κ2) is 8.30. The molecule has 3 aromatic carbocycles. The number of anilines is 1. The zero-order chi connectivity index (χ0) is 21.0. The van der Waals surface area contributed by atoms with E-state index in [1.807, 2.05) is 0 Å². The van der Waals surface area contributed by atoms with Gasteiger partial charge in [0.15, 0.2) is 5.78 Å². The number of nitrogens with one attached hydrogen (secondary N) is 1. The fourth-order valence-corrected chi connectivity index (χ4v) is 2.63. The number of halogens is 1. The first-order valence-corrected chi connectivity index (χ1v) is 8.48. The van der Waals surface area contributed by atoms with Crippen molar-refractivity contribution in [2.45, 2.75) is 0 Å².